The molecule has 1 rings (SSSR count). The molecule has 1 heterocycles. The van der Waals surface area contributed by atoms with Gasteiger partial charge in [-0.3, -0.25) is 4.79 Å². The summed E-state index contributed by atoms with van der Waals surface area (Å²) in [7, 11) is 0. The summed E-state index contributed by atoms with van der Waals surface area (Å²) in [6.45, 7) is 0. The predicted octanol–water partition coefficient (Wildman–Crippen LogP) is -0.904. The van der Waals surface area contributed by atoms with Crippen LogP contribution in [0.5, 0.6) is 0 Å². The van der Waals surface area contributed by atoms with E-state index < -0.39 is 30.5 Å². The standard InChI is InChI=1S/C5H5NO5/c7-3(8)1-2-4(9)11-5(10)6-2/h2H,1H2,(H,6,10)(H,7,8)/t2-/m0/s1. The number of rotatable bonds is 2. The first kappa shape index (κ1) is 7.52. The minimum Gasteiger partial charge on any atom is -0.481 e. The van der Waals surface area contributed by atoms with Crippen molar-refractivity contribution in [2.75, 3.05) is 0 Å². The van der Waals surface area contributed by atoms with Gasteiger partial charge in [0.15, 0.2) is 0 Å². The summed E-state index contributed by atoms with van der Waals surface area (Å²) < 4.78 is 4.02. The molecule has 1 amide bonds. The first-order valence-electron chi connectivity index (χ1n) is 2.83. The van der Waals surface area contributed by atoms with Crippen LogP contribution in [0.2, 0.25) is 0 Å². The number of hydrogen-bond donors (Lipinski definition) is 2. The quantitative estimate of drug-likeness (QED) is 0.402. The van der Waals surface area contributed by atoms with Crippen LogP contribution in [0.25, 0.3) is 0 Å². The Labute approximate surface area is 61.1 Å². The van der Waals surface area contributed by atoms with Crippen LogP contribution in [0.15, 0.2) is 0 Å². The number of carboxylic acids is 1. The average molecular weight is 159 g/mol. The Bertz CT molecular complexity index is 223. The van der Waals surface area contributed by atoms with Crippen LogP contribution >= 0.6 is 0 Å². The zero-order valence-electron chi connectivity index (χ0n) is 5.36. The zero-order valence-corrected chi connectivity index (χ0v) is 5.36. The highest BCUT2D eigenvalue weighted by Crippen LogP contribution is 2.03. The molecular formula is C5H5NO5. The number of carbonyl (C=O) groups excluding carboxylic acids is 2. The first-order valence-corrected chi connectivity index (χ1v) is 2.83. The van der Waals surface area contributed by atoms with Gasteiger partial charge in [-0.1, -0.05) is 0 Å². The van der Waals surface area contributed by atoms with Crippen LogP contribution < -0.4 is 5.32 Å². The lowest BCUT2D eigenvalue weighted by molar-refractivity contribution is -0.142. The van der Waals surface area contributed by atoms with Gasteiger partial charge in [0.1, 0.15) is 6.04 Å². The van der Waals surface area contributed by atoms with Crippen molar-refractivity contribution in [3.63, 3.8) is 0 Å². The van der Waals surface area contributed by atoms with Gasteiger partial charge in [-0.15, -0.1) is 0 Å². The Balaban J connectivity index is 2.53. The minimum absolute atomic E-state index is 0.440. The Kier molecular flexibility index (Phi) is 1.75. The molecule has 0 aliphatic carbocycles. The van der Waals surface area contributed by atoms with Gasteiger partial charge >= 0.3 is 18.0 Å². The molecule has 6 nitrogen and oxygen atoms in total. The molecule has 0 spiro atoms. The van der Waals surface area contributed by atoms with E-state index in [4.69, 9.17) is 5.11 Å². The van der Waals surface area contributed by atoms with Crippen molar-refractivity contribution >= 4 is 18.0 Å². The normalized spacial score (nSPS) is 22.7. The van der Waals surface area contributed by atoms with E-state index in [0.29, 0.717) is 0 Å². The van der Waals surface area contributed by atoms with Gasteiger partial charge in [0.2, 0.25) is 0 Å². The Hall–Kier alpha value is -1.59. The van der Waals surface area contributed by atoms with Gasteiger partial charge in [-0.05, 0) is 0 Å². The van der Waals surface area contributed by atoms with Gasteiger partial charge in [0.05, 0.1) is 6.42 Å². The van der Waals surface area contributed by atoms with E-state index in [1.165, 1.54) is 0 Å². The van der Waals surface area contributed by atoms with Crippen molar-refractivity contribution in [2.24, 2.45) is 0 Å². The third-order valence-electron chi connectivity index (χ3n) is 1.15. The Morgan fingerprint density at radius 1 is 1.64 bits per heavy atom. The second kappa shape index (κ2) is 2.57. The number of alkyl carbamates (subject to hydrolysis) is 1. The third-order valence-corrected chi connectivity index (χ3v) is 1.15. The molecule has 0 radical (unpaired) electrons. The van der Waals surface area contributed by atoms with Crippen LogP contribution in [-0.4, -0.2) is 29.2 Å². The van der Waals surface area contributed by atoms with Crippen LogP contribution in [0.3, 0.4) is 0 Å². The molecule has 0 saturated carbocycles. The number of hydrogen-bond acceptors (Lipinski definition) is 4. The number of nitrogens with one attached hydrogen (secondary N) is 1. The molecular weight excluding hydrogens is 154 g/mol. The molecule has 0 aromatic carbocycles. The predicted molar refractivity (Wildman–Crippen MR) is 30.7 cm³/mol. The summed E-state index contributed by atoms with van der Waals surface area (Å²) in [5.74, 6) is -1.99. The Morgan fingerprint density at radius 2 is 2.27 bits per heavy atom. The van der Waals surface area contributed by atoms with E-state index in [9.17, 15) is 14.4 Å². The number of aliphatic carboxylic acids is 1. The average Bonchev–Trinajstić information content (AvgIpc) is 2.09. The molecule has 6 heteroatoms. The first-order chi connectivity index (χ1) is 5.09. The third kappa shape index (κ3) is 1.66. The van der Waals surface area contributed by atoms with Crippen molar-refractivity contribution in [1.82, 2.24) is 5.32 Å². The van der Waals surface area contributed by atoms with Gasteiger partial charge in [0, 0.05) is 0 Å². The maximum atomic E-state index is 10.6. The molecule has 0 aromatic heterocycles. The van der Waals surface area contributed by atoms with Gasteiger partial charge < -0.3 is 15.2 Å². The lowest BCUT2D eigenvalue weighted by atomic mass is 10.2. The fraction of sp³-hybridized carbons (Fsp3) is 0.400. The summed E-state index contributed by atoms with van der Waals surface area (Å²) in [5.41, 5.74) is 0. The molecule has 1 atom stereocenters. The summed E-state index contributed by atoms with van der Waals surface area (Å²) in [6, 6.07) is -1.03. The fourth-order valence-electron chi connectivity index (χ4n) is 0.702. The van der Waals surface area contributed by atoms with E-state index in [1.54, 1.807) is 0 Å². The zero-order chi connectivity index (χ0) is 8.43. The van der Waals surface area contributed by atoms with Gasteiger partial charge in [-0.2, -0.15) is 0 Å². The van der Waals surface area contributed by atoms with Crippen LogP contribution in [0.1, 0.15) is 6.42 Å². The smallest absolute Gasteiger partial charge is 0.415 e. The number of amides is 1. The second-order valence-electron chi connectivity index (χ2n) is 2.00. The largest absolute Gasteiger partial charge is 0.481 e. The van der Waals surface area contributed by atoms with E-state index in [0.717, 1.165) is 0 Å². The Morgan fingerprint density at radius 3 is 2.64 bits per heavy atom. The van der Waals surface area contributed by atoms with Crippen LogP contribution in [0.4, 0.5) is 4.79 Å². The number of carboxylic acid groups (broad SMARTS) is 1. The van der Waals surface area contributed by atoms with E-state index in [-0.39, 0.29) is 0 Å². The summed E-state index contributed by atoms with van der Waals surface area (Å²) in [6.07, 6.45) is -1.33. The van der Waals surface area contributed by atoms with Gasteiger partial charge in [-0.25, -0.2) is 9.59 Å². The highest BCUT2D eigenvalue weighted by atomic mass is 16.6. The van der Waals surface area contributed by atoms with Crippen molar-refractivity contribution in [3.8, 4) is 0 Å². The molecule has 1 fully saturated rings. The molecule has 1 aliphatic heterocycles. The number of cyclic esters (lactones) is 2. The molecule has 11 heavy (non-hydrogen) atoms. The van der Waals surface area contributed by atoms with E-state index in [2.05, 4.69) is 4.74 Å². The van der Waals surface area contributed by atoms with Gasteiger partial charge in [0.25, 0.3) is 0 Å². The molecule has 0 unspecified atom stereocenters. The monoisotopic (exact) mass is 159 g/mol. The lowest BCUT2D eigenvalue weighted by Crippen LogP contribution is -2.31. The summed E-state index contributed by atoms with van der Waals surface area (Å²) in [4.78, 5) is 30.9. The molecule has 0 bridgehead atoms. The fourth-order valence-corrected chi connectivity index (χ4v) is 0.702. The van der Waals surface area contributed by atoms with Crippen LogP contribution in [-0.2, 0) is 14.3 Å². The topological polar surface area (TPSA) is 92.7 Å². The summed E-state index contributed by atoms with van der Waals surface area (Å²) in [5, 5.41) is 10.3. The summed E-state index contributed by atoms with van der Waals surface area (Å²) >= 11 is 0. The van der Waals surface area contributed by atoms with Crippen molar-refractivity contribution in [2.45, 2.75) is 12.5 Å². The maximum Gasteiger partial charge on any atom is 0.415 e. The maximum absolute atomic E-state index is 10.6. The lowest BCUT2D eigenvalue weighted by Gasteiger charge is -1.98. The molecule has 2 N–H and O–H groups in total. The molecule has 0 aromatic rings. The molecule has 1 saturated heterocycles. The highest BCUT2D eigenvalue weighted by Gasteiger charge is 2.33. The van der Waals surface area contributed by atoms with E-state index >= 15 is 0 Å². The number of carbonyl (C=O) groups is 3. The van der Waals surface area contributed by atoms with Crippen molar-refractivity contribution < 1.29 is 24.2 Å². The molecule has 1 aliphatic rings. The minimum atomic E-state index is -1.16. The molecule has 60 valence electrons. The SMILES string of the molecule is O=C(O)C[C@@H]1NC(=O)OC1=O. The number of esters is 1. The highest BCUT2D eigenvalue weighted by molar-refractivity contribution is 5.97. The van der Waals surface area contributed by atoms with Crippen LogP contribution in [0, 0.1) is 0 Å². The van der Waals surface area contributed by atoms with Crippen molar-refractivity contribution in [3.05, 3.63) is 0 Å². The van der Waals surface area contributed by atoms with E-state index in [1.807, 2.05) is 5.32 Å². The number of ether oxygens (including phenoxy) is 1. The van der Waals surface area contributed by atoms with Crippen molar-refractivity contribution in [1.29, 1.82) is 0 Å². The second-order valence-corrected chi connectivity index (χ2v) is 2.00.